The smallest absolute Gasteiger partial charge is 0.317 e. The molecule has 7 nitrogen and oxygen atoms in total. The third kappa shape index (κ3) is 4.18. The van der Waals surface area contributed by atoms with E-state index < -0.39 is 12.1 Å². The number of aromatic nitrogens is 1. The maximum Gasteiger partial charge on any atom is 0.317 e. The number of carbonyl (C=O) groups is 2. The lowest BCUT2D eigenvalue weighted by Crippen LogP contribution is -2.49. The van der Waals surface area contributed by atoms with E-state index in [1.807, 2.05) is 5.38 Å². The molecule has 8 heteroatoms. The third-order valence-electron chi connectivity index (χ3n) is 2.73. The highest BCUT2D eigenvalue weighted by atomic mass is 32.1. The lowest BCUT2D eigenvalue weighted by molar-refractivity contribution is -0.141. The maximum atomic E-state index is 11.9. The second-order valence-corrected chi connectivity index (χ2v) is 4.89. The molecule has 19 heavy (non-hydrogen) atoms. The number of carboxylic acids is 1. The van der Waals surface area contributed by atoms with Crippen LogP contribution in [0, 0.1) is 0 Å². The molecule has 1 aromatic heterocycles. The molecule has 0 aromatic carbocycles. The van der Waals surface area contributed by atoms with Gasteiger partial charge < -0.3 is 20.1 Å². The Labute approximate surface area is 114 Å². The number of hydrogen-bond donors (Lipinski definition) is 2. The zero-order valence-corrected chi connectivity index (χ0v) is 11.1. The minimum Gasteiger partial charge on any atom is -0.481 e. The largest absolute Gasteiger partial charge is 0.481 e. The van der Waals surface area contributed by atoms with E-state index in [0.717, 1.165) is 5.69 Å². The van der Waals surface area contributed by atoms with Crippen LogP contribution in [0.25, 0.3) is 0 Å². The van der Waals surface area contributed by atoms with Gasteiger partial charge in [-0.05, 0) is 0 Å². The van der Waals surface area contributed by atoms with E-state index in [0.29, 0.717) is 26.2 Å². The van der Waals surface area contributed by atoms with E-state index in [1.54, 1.807) is 10.4 Å². The van der Waals surface area contributed by atoms with Crippen LogP contribution in [0.2, 0.25) is 0 Å². The molecular weight excluding hydrogens is 270 g/mol. The van der Waals surface area contributed by atoms with Crippen molar-refractivity contribution < 1.29 is 19.4 Å². The fourth-order valence-corrected chi connectivity index (χ4v) is 2.38. The van der Waals surface area contributed by atoms with Crippen LogP contribution in [0.5, 0.6) is 0 Å². The fraction of sp³-hybridized carbons (Fsp3) is 0.545. The van der Waals surface area contributed by atoms with E-state index in [4.69, 9.17) is 9.84 Å². The number of carboxylic acid groups (broad SMARTS) is 1. The summed E-state index contributed by atoms with van der Waals surface area (Å²) in [5.74, 6) is -0.922. The number of carbonyl (C=O) groups excluding carboxylic acids is 1. The highest BCUT2D eigenvalue weighted by Crippen LogP contribution is 2.09. The average Bonchev–Trinajstić information content (AvgIpc) is 2.88. The van der Waals surface area contributed by atoms with Gasteiger partial charge in [-0.2, -0.15) is 0 Å². The summed E-state index contributed by atoms with van der Waals surface area (Å²) in [6, 6.07) is -0.216. The number of hydrogen-bond acceptors (Lipinski definition) is 5. The molecule has 1 aliphatic heterocycles. The second kappa shape index (κ2) is 6.48. The van der Waals surface area contributed by atoms with Gasteiger partial charge in [0, 0.05) is 18.5 Å². The number of nitrogens with one attached hydrogen (secondary N) is 1. The van der Waals surface area contributed by atoms with Crippen molar-refractivity contribution in [3.05, 3.63) is 16.6 Å². The molecule has 1 saturated heterocycles. The van der Waals surface area contributed by atoms with E-state index in [1.165, 1.54) is 11.3 Å². The molecule has 2 N–H and O–H groups in total. The number of urea groups is 1. The molecule has 1 fully saturated rings. The van der Waals surface area contributed by atoms with Gasteiger partial charge in [-0.25, -0.2) is 9.78 Å². The van der Waals surface area contributed by atoms with Gasteiger partial charge in [0.1, 0.15) is 0 Å². The van der Waals surface area contributed by atoms with Crippen molar-refractivity contribution in [3.63, 3.8) is 0 Å². The Kier molecular flexibility index (Phi) is 4.69. The molecule has 0 radical (unpaired) electrons. The van der Waals surface area contributed by atoms with Crippen LogP contribution in [0.15, 0.2) is 10.9 Å². The molecule has 104 valence electrons. The van der Waals surface area contributed by atoms with Gasteiger partial charge in [0.2, 0.25) is 0 Å². The number of rotatable bonds is 4. The zero-order valence-electron chi connectivity index (χ0n) is 10.2. The maximum absolute atomic E-state index is 11.9. The Bertz CT molecular complexity index is 437. The molecule has 0 aliphatic carbocycles. The molecule has 1 atom stereocenters. The normalized spacial score (nSPS) is 19.2. The quantitative estimate of drug-likeness (QED) is 0.842. The highest BCUT2D eigenvalue weighted by Gasteiger charge is 2.25. The number of thiazole rings is 1. The Morgan fingerprint density at radius 2 is 2.47 bits per heavy atom. The number of aliphatic carboxylic acids is 1. The zero-order chi connectivity index (χ0) is 13.7. The van der Waals surface area contributed by atoms with Gasteiger partial charge in [-0.15, -0.1) is 11.3 Å². The van der Waals surface area contributed by atoms with Crippen molar-refractivity contribution in [3.8, 4) is 0 Å². The van der Waals surface area contributed by atoms with Crippen LogP contribution < -0.4 is 5.32 Å². The molecule has 0 saturated carbocycles. The van der Waals surface area contributed by atoms with Crippen LogP contribution in [-0.2, 0) is 16.1 Å². The van der Waals surface area contributed by atoms with E-state index in [9.17, 15) is 9.59 Å². The first-order valence-corrected chi connectivity index (χ1v) is 6.82. The minimum absolute atomic E-state index is 0.0874. The standard InChI is InChI=1S/C11H15N3O4S/c15-10(16)3-9-5-14(1-2-18-9)11(17)12-4-8-6-19-7-13-8/h6-7,9H,1-5H2,(H,12,17)(H,15,16). The number of amides is 2. The number of ether oxygens (including phenoxy) is 1. The summed E-state index contributed by atoms with van der Waals surface area (Å²) < 4.78 is 5.31. The molecule has 2 heterocycles. The molecule has 1 unspecified atom stereocenters. The van der Waals surface area contributed by atoms with Crippen molar-refractivity contribution in [2.75, 3.05) is 19.7 Å². The summed E-state index contributed by atoms with van der Waals surface area (Å²) in [5, 5.41) is 13.3. The summed E-state index contributed by atoms with van der Waals surface area (Å²) in [4.78, 5) is 28.2. The van der Waals surface area contributed by atoms with Gasteiger partial charge in [0.15, 0.2) is 0 Å². The first kappa shape index (κ1) is 13.8. The summed E-state index contributed by atoms with van der Waals surface area (Å²) in [6.07, 6.45) is -0.521. The molecule has 0 spiro atoms. The molecule has 0 bridgehead atoms. The van der Waals surface area contributed by atoms with Crippen LogP contribution in [0.3, 0.4) is 0 Å². The summed E-state index contributed by atoms with van der Waals surface area (Å²) in [6.45, 7) is 1.51. The van der Waals surface area contributed by atoms with Crippen molar-refractivity contribution in [2.45, 2.75) is 19.1 Å². The predicted molar refractivity (Wildman–Crippen MR) is 67.9 cm³/mol. The summed E-state index contributed by atoms with van der Waals surface area (Å²) in [7, 11) is 0. The first-order valence-electron chi connectivity index (χ1n) is 5.88. The lowest BCUT2D eigenvalue weighted by atomic mass is 10.2. The molecular formula is C11H15N3O4S. The first-order chi connectivity index (χ1) is 9.15. The minimum atomic E-state index is -0.922. The SMILES string of the molecule is O=C(O)CC1CN(C(=O)NCc2cscn2)CCO1. The monoisotopic (exact) mass is 285 g/mol. The van der Waals surface area contributed by atoms with Crippen LogP contribution in [-0.4, -0.2) is 52.8 Å². The van der Waals surface area contributed by atoms with E-state index >= 15 is 0 Å². The Balaban J connectivity index is 1.79. The Hall–Kier alpha value is -1.67. The molecule has 1 aliphatic rings. The predicted octanol–water partition coefficient (Wildman–Crippen LogP) is 0.528. The topological polar surface area (TPSA) is 91.8 Å². The molecule has 1 aromatic rings. The van der Waals surface area contributed by atoms with E-state index in [-0.39, 0.29) is 12.5 Å². The molecule has 2 amide bonds. The average molecular weight is 285 g/mol. The second-order valence-electron chi connectivity index (χ2n) is 4.18. The van der Waals surface area contributed by atoms with Crippen LogP contribution in [0.4, 0.5) is 4.79 Å². The Morgan fingerprint density at radius 1 is 1.63 bits per heavy atom. The van der Waals surface area contributed by atoms with E-state index in [2.05, 4.69) is 10.3 Å². The van der Waals surface area contributed by atoms with Gasteiger partial charge in [-0.3, -0.25) is 4.79 Å². The van der Waals surface area contributed by atoms with Crippen LogP contribution in [0.1, 0.15) is 12.1 Å². The van der Waals surface area contributed by atoms with Crippen molar-refractivity contribution in [2.24, 2.45) is 0 Å². The van der Waals surface area contributed by atoms with Gasteiger partial charge in [0.25, 0.3) is 0 Å². The molecule has 2 rings (SSSR count). The van der Waals surface area contributed by atoms with Gasteiger partial charge >= 0.3 is 12.0 Å². The van der Waals surface area contributed by atoms with Crippen molar-refractivity contribution in [1.29, 1.82) is 0 Å². The lowest BCUT2D eigenvalue weighted by Gasteiger charge is -2.32. The van der Waals surface area contributed by atoms with Crippen molar-refractivity contribution in [1.82, 2.24) is 15.2 Å². The fourth-order valence-electron chi connectivity index (χ4n) is 1.82. The number of morpholine rings is 1. The summed E-state index contributed by atoms with van der Waals surface area (Å²) in [5.41, 5.74) is 2.52. The third-order valence-corrected chi connectivity index (χ3v) is 3.37. The van der Waals surface area contributed by atoms with Gasteiger partial charge in [-0.1, -0.05) is 0 Å². The highest BCUT2D eigenvalue weighted by molar-refractivity contribution is 7.07. The number of nitrogens with zero attached hydrogens (tertiary/aromatic N) is 2. The summed E-state index contributed by atoms with van der Waals surface area (Å²) >= 11 is 1.47. The van der Waals surface area contributed by atoms with Gasteiger partial charge in [0.05, 0.1) is 36.9 Å². The Morgan fingerprint density at radius 3 is 3.16 bits per heavy atom. The van der Waals surface area contributed by atoms with Crippen LogP contribution >= 0.6 is 11.3 Å². The van der Waals surface area contributed by atoms with Crippen molar-refractivity contribution >= 4 is 23.3 Å².